The average molecular weight is 244 g/mol. The first kappa shape index (κ1) is 13.5. The summed E-state index contributed by atoms with van der Waals surface area (Å²) in [5.74, 6) is 0. The molecule has 1 unspecified atom stereocenters. The summed E-state index contributed by atoms with van der Waals surface area (Å²) in [6.45, 7) is 8.24. The van der Waals surface area contributed by atoms with Gasteiger partial charge in [0.05, 0.1) is 5.69 Å². The summed E-state index contributed by atoms with van der Waals surface area (Å²) in [7, 11) is 1.92. The molecule has 0 spiro atoms. The van der Waals surface area contributed by atoms with Crippen molar-refractivity contribution in [2.45, 2.75) is 39.1 Å². The maximum absolute atomic E-state index is 6.25. The molecule has 1 aromatic heterocycles. The minimum atomic E-state index is 0.184. The van der Waals surface area contributed by atoms with Crippen molar-refractivity contribution in [3.8, 4) is 0 Å². The lowest BCUT2D eigenvalue weighted by Gasteiger charge is -2.21. The molecule has 0 fully saturated rings. The second kappa shape index (κ2) is 5.69. The second-order valence-electron chi connectivity index (χ2n) is 5.47. The van der Waals surface area contributed by atoms with Crippen LogP contribution in [-0.4, -0.2) is 21.7 Å². The van der Waals surface area contributed by atoms with Crippen LogP contribution in [0.3, 0.4) is 0 Å². The Morgan fingerprint density at radius 1 is 1.50 bits per heavy atom. The number of hydrogen-bond acceptors (Lipinski definition) is 2. The number of aromatic nitrogens is 2. The van der Waals surface area contributed by atoms with Crippen LogP contribution in [0.1, 0.15) is 32.9 Å². The number of halogens is 1. The summed E-state index contributed by atoms with van der Waals surface area (Å²) in [6, 6.07) is 2.01. The monoisotopic (exact) mass is 243 g/mol. The molecule has 1 N–H and O–H groups in total. The highest BCUT2D eigenvalue weighted by atomic mass is 35.5. The fraction of sp³-hybridized carbons (Fsp3) is 0.750. The van der Waals surface area contributed by atoms with Crippen LogP contribution in [0.15, 0.2) is 12.3 Å². The van der Waals surface area contributed by atoms with E-state index in [0.29, 0.717) is 5.41 Å². The molecule has 0 saturated heterocycles. The minimum Gasteiger partial charge on any atom is -0.310 e. The first-order chi connectivity index (χ1) is 7.37. The maximum atomic E-state index is 6.25. The van der Waals surface area contributed by atoms with Gasteiger partial charge < -0.3 is 5.32 Å². The van der Waals surface area contributed by atoms with E-state index in [4.69, 9.17) is 11.6 Å². The first-order valence-electron chi connectivity index (χ1n) is 5.70. The molecule has 16 heavy (non-hydrogen) atoms. The molecular formula is C12H22ClN3. The van der Waals surface area contributed by atoms with Crippen molar-refractivity contribution in [1.82, 2.24) is 15.1 Å². The molecule has 1 aromatic rings. The highest BCUT2D eigenvalue weighted by Crippen LogP contribution is 2.23. The van der Waals surface area contributed by atoms with E-state index in [2.05, 4.69) is 31.2 Å². The quantitative estimate of drug-likeness (QED) is 0.806. The SMILES string of the molecule is Cn1ccc(CNCC(Cl)CC(C)(C)C)n1. The Kier molecular flexibility index (Phi) is 4.81. The van der Waals surface area contributed by atoms with E-state index in [1.165, 1.54) is 0 Å². The molecule has 1 rings (SSSR count). The lowest BCUT2D eigenvalue weighted by Crippen LogP contribution is -2.26. The van der Waals surface area contributed by atoms with E-state index in [1.54, 1.807) is 0 Å². The molecule has 0 aromatic carbocycles. The van der Waals surface area contributed by atoms with E-state index < -0.39 is 0 Å². The maximum Gasteiger partial charge on any atom is 0.0762 e. The highest BCUT2D eigenvalue weighted by molar-refractivity contribution is 6.20. The van der Waals surface area contributed by atoms with E-state index in [1.807, 2.05) is 24.0 Å². The largest absolute Gasteiger partial charge is 0.310 e. The predicted molar refractivity (Wildman–Crippen MR) is 68.6 cm³/mol. The van der Waals surface area contributed by atoms with Crippen molar-refractivity contribution in [1.29, 1.82) is 0 Å². The van der Waals surface area contributed by atoms with Crippen molar-refractivity contribution >= 4 is 11.6 Å². The molecule has 0 amide bonds. The zero-order valence-electron chi connectivity index (χ0n) is 10.6. The normalized spacial score (nSPS) is 14.1. The van der Waals surface area contributed by atoms with Gasteiger partial charge in [-0.2, -0.15) is 5.10 Å². The standard InChI is InChI=1S/C12H22ClN3/c1-12(2,3)7-10(13)8-14-9-11-5-6-16(4)15-11/h5-6,10,14H,7-9H2,1-4H3. The van der Waals surface area contributed by atoms with E-state index >= 15 is 0 Å². The van der Waals surface area contributed by atoms with Gasteiger partial charge in [-0.05, 0) is 17.9 Å². The van der Waals surface area contributed by atoms with E-state index in [-0.39, 0.29) is 5.38 Å². The number of nitrogens with one attached hydrogen (secondary N) is 1. The summed E-state index contributed by atoms with van der Waals surface area (Å²) >= 11 is 6.25. The van der Waals surface area contributed by atoms with Crippen molar-refractivity contribution in [2.24, 2.45) is 12.5 Å². The van der Waals surface area contributed by atoms with Crippen LogP contribution in [0.5, 0.6) is 0 Å². The molecule has 0 saturated carbocycles. The lowest BCUT2D eigenvalue weighted by atomic mass is 9.90. The van der Waals surface area contributed by atoms with Gasteiger partial charge in [0, 0.05) is 31.7 Å². The van der Waals surface area contributed by atoms with Crippen LogP contribution in [0.4, 0.5) is 0 Å². The molecule has 0 aliphatic heterocycles. The molecule has 1 atom stereocenters. The summed E-state index contributed by atoms with van der Waals surface area (Å²) in [4.78, 5) is 0. The molecule has 0 radical (unpaired) electrons. The number of aryl methyl sites for hydroxylation is 1. The molecule has 92 valence electrons. The zero-order valence-corrected chi connectivity index (χ0v) is 11.4. The summed E-state index contributed by atoms with van der Waals surface area (Å²) in [5, 5.41) is 7.81. The Bertz CT molecular complexity index is 314. The van der Waals surface area contributed by atoms with Gasteiger partial charge in [0.15, 0.2) is 0 Å². The Labute approximate surface area is 103 Å². The van der Waals surface area contributed by atoms with Crippen LogP contribution in [0.2, 0.25) is 0 Å². The Hall–Kier alpha value is -0.540. The molecule has 3 nitrogen and oxygen atoms in total. The third kappa shape index (κ3) is 5.52. The van der Waals surface area contributed by atoms with Gasteiger partial charge in [0.25, 0.3) is 0 Å². The topological polar surface area (TPSA) is 29.9 Å². The third-order valence-corrected chi connectivity index (χ3v) is 2.58. The van der Waals surface area contributed by atoms with Crippen LogP contribution in [0, 0.1) is 5.41 Å². The van der Waals surface area contributed by atoms with Crippen LogP contribution >= 0.6 is 11.6 Å². The van der Waals surface area contributed by atoms with Crippen molar-refractivity contribution < 1.29 is 0 Å². The van der Waals surface area contributed by atoms with Crippen molar-refractivity contribution in [3.05, 3.63) is 18.0 Å². The van der Waals surface area contributed by atoms with Gasteiger partial charge in [-0.3, -0.25) is 4.68 Å². The number of rotatable bonds is 5. The average Bonchev–Trinajstić information content (AvgIpc) is 2.48. The third-order valence-electron chi connectivity index (χ3n) is 2.27. The molecule has 0 aliphatic carbocycles. The predicted octanol–water partition coefficient (Wildman–Crippen LogP) is 2.55. The Balaban J connectivity index is 2.20. The van der Waals surface area contributed by atoms with Crippen LogP contribution < -0.4 is 5.32 Å². The Morgan fingerprint density at radius 2 is 2.19 bits per heavy atom. The zero-order chi connectivity index (χ0) is 12.2. The Morgan fingerprint density at radius 3 is 2.69 bits per heavy atom. The van der Waals surface area contributed by atoms with Gasteiger partial charge in [-0.15, -0.1) is 11.6 Å². The van der Waals surface area contributed by atoms with E-state index in [9.17, 15) is 0 Å². The van der Waals surface area contributed by atoms with Gasteiger partial charge in [0.2, 0.25) is 0 Å². The fourth-order valence-electron chi connectivity index (χ4n) is 1.65. The van der Waals surface area contributed by atoms with E-state index in [0.717, 1.165) is 25.2 Å². The van der Waals surface area contributed by atoms with Crippen molar-refractivity contribution in [3.63, 3.8) is 0 Å². The molecule has 1 heterocycles. The summed E-state index contributed by atoms with van der Waals surface area (Å²) in [6.07, 6.45) is 2.97. The number of hydrogen-bond donors (Lipinski definition) is 1. The fourth-order valence-corrected chi connectivity index (χ4v) is 2.22. The molecular weight excluding hydrogens is 222 g/mol. The van der Waals surface area contributed by atoms with Crippen LogP contribution in [0.25, 0.3) is 0 Å². The highest BCUT2D eigenvalue weighted by Gasteiger charge is 2.16. The first-order valence-corrected chi connectivity index (χ1v) is 6.14. The van der Waals surface area contributed by atoms with Gasteiger partial charge in [-0.25, -0.2) is 0 Å². The van der Waals surface area contributed by atoms with Crippen LogP contribution in [-0.2, 0) is 13.6 Å². The smallest absolute Gasteiger partial charge is 0.0762 e. The van der Waals surface area contributed by atoms with Crippen molar-refractivity contribution in [2.75, 3.05) is 6.54 Å². The molecule has 0 aliphatic rings. The minimum absolute atomic E-state index is 0.184. The summed E-state index contributed by atoms with van der Waals surface area (Å²) in [5.41, 5.74) is 1.35. The summed E-state index contributed by atoms with van der Waals surface area (Å²) < 4.78 is 1.81. The van der Waals surface area contributed by atoms with Gasteiger partial charge >= 0.3 is 0 Å². The van der Waals surface area contributed by atoms with Gasteiger partial charge in [-0.1, -0.05) is 20.8 Å². The molecule has 4 heteroatoms. The molecule has 0 bridgehead atoms. The second-order valence-corrected chi connectivity index (χ2v) is 6.09. The number of nitrogens with zero attached hydrogens (tertiary/aromatic N) is 2. The van der Waals surface area contributed by atoms with Gasteiger partial charge in [0.1, 0.15) is 0 Å². The number of alkyl halides is 1. The lowest BCUT2D eigenvalue weighted by molar-refractivity contribution is 0.364.